The summed E-state index contributed by atoms with van der Waals surface area (Å²) in [5, 5.41) is 0.693. The van der Waals surface area contributed by atoms with Crippen LogP contribution in [-0.2, 0) is 26.2 Å². The molecule has 0 N–H and O–H groups in total. The molecule has 1 aliphatic rings. The highest BCUT2D eigenvalue weighted by Gasteiger charge is 2.38. The minimum Gasteiger partial charge on any atom is -0.460 e. The Hall–Kier alpha value is -2.97. The van der Waals surface area contributed by atoms with Crippen molar-refractivity contribution in [3.63, 3.8) is 0 Å². The van der Waals surface area contributed by atoms with Gasteiger partial charge in [-0.2, -0.15) is 4.31 Å². The summed E-state index contributed by atoms with van der Waals surface area (Å²) in [6.45, 7) is 3.99. The van der Waals surface area contributed by atoms with Gasteiger partial charge >= 0.3 is 11.6 Å². The van der Waals surface area contributed by atoms with E-state index < -0.39 is 27.7 Å². The van der Waals surface area contributed by atoms with Crippen LogP contribution in [0.25, 0.3) is 11.0 Å². The highest BCUT2D eigenvalue weighted by molar-refractivity contribution is 7.89. The van der Waals surface area contributed by atoms with Gasteiger partial charge in [-0.25, -0.2) is 13.2 Å². The third-order valence-corrected chi connectivity index (χ3v) is 7.81. The van der Waals surface area contributed by atoms with Crippen molar-refractivity contribution in [2.75, 3.05) is 6.54 Å². The average molecular weight is 456 g/mol. The van der Waals surface area contributed by atoms with Gasteiger partial charge in [0.2, 0.25) is 10.0 Å². The highest BCUT2D eigenvalue weighted by Crippen LogP contribution is 2.27. The number of esters is 1. The quantitative estimate of drug-likeness (QED) is 0.430. The van der Waals surface area contributed by atoms with Crippen LogP contribution in [0.5, 0.6) is 0 Å². The lowest BCUT2D eigenvalue weighted by atomic mass is 10.0. The molecule has 7 nitrogen and oxygen atoms in total. The number of carbonyl (C=O) groups excluding carboxylic acids is 1. The van der Waals surface area contributed by atoms with Crippen molar-refractivity contribution < 1.29 is 22.4 Å². The molecule has 32 heavy (non-hydrogen) atoms. The molecule has 0 saturated carbocycles. The second-order valence-corrected chi connectivity index (χ2v) is 9.96. The van der Waals surface area contributed by atoms with E-state index in [9.17, 15) is 18.0 Å². The minimum atomic E-state index is -3.82. The Bertz CT molecular complexity index is 1310. The highest BCUT2D eigenvalue weighted by atomic mass is 32.2. The van der Waals surface area contributed by atoms with Crippen LogP contribution < -0.4 is 5.63 Å². The number of benzene rings is 2. The van der Waals surface area contributed by atoms with Crippen molar-refractivity contribution in [2.24, 2.45) is 0 Å². The predicted molar refractivity (Wildman–Crippen MR) is 120 cm³/mol. The summed E-state index contributed by atoms with van der Waals surface area (Å²) in [5.41, 5.74) is 2.43. The Morgan fingerprint density at radius 3 is 2.56 bits per heavy atom. The molecule has 2 heterocycles. The van der Waals surface area contributed by atoms with Crippen molar-refractivity contribution in [3.8, 4) is 0 Å². The summed E-state index contributed by atoms with van der Waals surface area (Å²) < 4.78 is 38.3. The van der Waals surface area contributed by atoms with Gasteiger partial charge in [0.05, 0.1) is 4.90 Å². The second kappa shape index (κ2) is 8.88. The molecule has 0 bridgehead atoms. The number of carbonyl (C=O) groups is 1. The Morgan fingerprint density at radius 1 is 1.09 bits per heavy atom. The first-order valence-corrected chi connectivity index (χ1v) is 12.0. The first-order valence-electron chi connectivity index (χ1n) is 10.5. The van der Waals surface area contributed by atoms with Crippen LogP contribution in [0.15, 0.2) is 62.6 Å². The Kier molecular flexibility index (Phi) is 6.17. The van der Waals surface area contributed by atoms with Gasteiger partial charge in [-0.1, -0.05) is 18.2 Å². The molecular weight excluding hydrogens is 430 g/mol. The average Bonchev–Trinajstić information content (AvgIpc) is 2.79. The van der Waals surface area contributed by atoms with E-state index in [0.717, 1.165) is 17.5 Å². The standard InChI is InChI=1S/C24H25NO6S/c1-16-12-20-18(14-23(26)31-22(20)13-17(16)2)15-30-24(27)21-10-6-7-11-25(21)32(28,29)19-8-4-3-5-9-19/h3-5,8-9,12-14,21H,6-7,10-11,15H2,1-2H3. The van der Waals surface area contributed by atoms with Crippen LogP contribution in [-0.4, -0.2) is 31.3 Å². The number of hydrogen-bond acceptors (Lipinski definition) is 6. The number of rotatable bonds is 5. The largest absolute Gasteiger partial charge is 0.460 e. The van der Waals surface area contributed by atoms with Gasteiger partial charge < -0.3 is 9.15 Å². The molecule has 0 spiro atoms. The summed E-state index contributed by atoms with van der Waals surface area (Å²) in [5.74, 6) is -0.616. The zero-order valence-electron chi connectivity index (χ0n) is 18.0. The Morgan fingerprint density at radius 2 is 1.81 bits per heavy atom. The second-order valence-electron chi connectivity index (χ2n) is 8.07. The van der Waals surface area contributed by atoms with Crippen LogP contribution in [0.4, 0.5) is 0 Å². The van der Waals surface area contributed by atoms with Crippen molar-refractivity contribution >= 4 is 27.0 Å². The molecular formula is C24H25NO6S. The molecule has 1 saturated heterocycles. The maximum atomic E-state index is 13.1. The molecule has 2 aromatic carbocycles. The third kappa shape index (κ3) is 4.33. The van der Waals surface area contributed by atoms with Crippen LogP contribution in [0, 0.1) is 13.8 Å². The molecule has 1 aromatic heterocycles. The monoisotopic (exact) mass is 455 g/mol. The number of sulfonamides is 1. The molecule has 0 aliphatic carbocycles. The van der Waals surface area contributed by atoms with Gasteiger partial charge in [-0.3, -0.25) is 4.79 Å². The lowest BCUT2D eigenvalue weighted by Gasteiger charge is -2.33. The number of ether oxygens (including phenoxy) is 1. The smallest absolute Gasteiger partial charge is 0.336 e. The fraction of sp³-hybridized carbons (Fsp3) is 0.333. The van der Waals surface area contributed by atoms with Crippen LogP contribution >= 0.6 is 0 Å². The molecule has 1 fully saturated rings. The van der Waals surface area contributed by atoms with E-state index in [1.165, 1.54) is 22.5 Å². The summed E-state index contributed by atoms with van der Waals surface area (Å²) in [4.78, 5) is 25.1. The number of piperidine rings is 1. The van der Waals surface area contributed by atoms with Crippen LogP contribution in [0.1, 0.15) is 36.0 Å². The topological polar surface area (TPSA) is 93.9 Å². The fourth-order valence-corrected chi connectivity index (χ4v) is 5.67. The number of hydrogen-bond donors (Lipinski definition) is 0. The molecule has 8 heteroatoms. The number of fused-ring (bicyclic) bond motifs is 1. The first kappa shape index (κ1) is 22.2. The van der Waals surface area contributed by atoms with E-state index in [-0.39, 0.29) is 18.0 Å². The lowest BCUT2D eigenvalue weighted by molar-refractivity contribution is -0.150. The molecule has 0 radical (unpaired) electrons. The molecule has 3 aromatic rings. The van der Waals surface area contributed by atoms with Crippen molar-refractivity contribution in [1.82, 2.24) is 4.31 Å². The fourth-order valence-electron chi connectivity index (χ4n) is 4.00. The Labute approximate surface area is 186 Å². The van der Waals surface area contributed by atoms with E-state index in [1.807, 2.05) is 19.9 Å². The maximum Gasteiger partial charge on any atom is 0.336 e. The van der Waals surface area contributed by atoms with Gasteiger partial charge in [0.25, 0.3) is 0 Å². The van der Waals surface area contributed by atoms with Gasteiger partial charge in [-0.05, 0) is 68.5 Å². The SMILES string of the molecule is Cc1cc2oc(=O)cc(COC(=O)C3CCCCN3S(=O)(=O)c3ccccc3)c2cc1C. The lowest BCUT2D eigenvalue weighted by Crippen LogP contribution is -2.48. The predicted octanol–water partition coefficient (Wildman–Crippen LogP) is 3.70. The van der Waals surface area contributed by atoms with Gasteiger partial charge in [0.1, 0.15) is 18.2 Å². The Balaban J connectivity index is 1.58. The molecule has 168 valence electrons. The van der Waals surface area contributed by atoms with E-state index in [1.54, 1.807) is 24.3 Å². The zero-order chi connectivity index (χ0) is 22.9. The van der Waals surface area contributed by atoms with E-state index in [4.69, 9.17) is 9.15 Å². The zero-order valence-corrected chi connectivity index (χ0v) is 18.9. The van der Waals surface area contributed by atoms with Crippen LogP contribution in [0.3, 0.4) is 0 Å². The minimum absolute atomic E-state index is 0.140. The van der Waals surface area contributed by atoms with Crippen molar-refractivity contribution in [3.05, 3.63) is 75.6 Å². The summed E-state index contributed by atoms with van der Waals surface area (Å²) in [6.07, 6.45) is 1.80. The van der Waals surface area contributed by atoms with Crippen molar-refractivity contribution in [1.29, 1.82) is 0 Å². The van der Waals surface area contributed by atoms with Crippen LogP contribution in [0.2, 0.25) is 0 Å². The van der Waals surface area contributed by atoms with E-state index in [2.05, 4.69) is 0 Å². The van der Waals surface area contributed by atoms with Gasteiger partial charge in [-0.15, -0.1) is 0 Å². The number of nitrogens with zero attached hydrogens (tertiary/aromatic N) is 1. The molecule has 1 aliphatic heterocycles. The molecule has 1 atom stereocenters. The van der Waals surface area contributed by atoms with Crippen molar-refractivity contribution in [2.45, 2.75) is 50.7 Å². The summed E-state index contributed by atoms with van der Waals surface area (Å²) >= 11 is 0. The molecule has 4 rings (SSSR count). The molecule has 1 unspecified atom stereocenters. The van der Waals surface area contributed by atoms with E-state index in [0.29, 0.717) is 29.4 Å². The normalized spacial score (nSPS) is 17.4. The maximum absolute atomic E-state index is 13.1. The van der Waals surface area contributed by atoms with Gasteiger partial charge in [0, 0.05) is 23.6 Å². The summed E-state index contributed by atoms with van der Waals surface area (Å²) in [7, 11) is -3.82. The van der Waals surface area contributed by atoms with Gasteiger partial charge in [0.15, 0.2) is 0 Å². The summed E-state index contributed by atoms with van der Waals surface area (Å²) in [6, 6.07) is 12.2. The molecule has 0 amide bonds. The third-order valence-electron chi connectivity index (χ3n) is 5.89. The van der Waals surface area contributed by atoms with E-state index >= 15 is 0 Å². The first-order chi connectivity index (χ1) is 15.3. The number of aryl methyl sites for hydroxylation is 2.